The van der Waals surface area contributed by atoms with Gasteiger partial charge in [0, 0.05) is 64.6 Å². The second kappa shape index (κ2) is 21.8. The highest BCUT2D eigenvalue weighted by molar-refractivity contribution is 9.11. The smallest absolute Gasteiger partial charge is 0.192 e. The Bertz CT molecular complexity index is 1750. The summed E-state index contributed by atoms with van der Waals surface area (Å²) in [6.45, 7) is 33.9. The van der Waals surface area contributed by atoms with Gasteiger partial charge in [0.2, 0.25) is 0 Å². The fourth-order valence-corrected chi connectivity index (χ4v) is 14.3. The number of methoxy groups -OCH3 is 1. The third-order valence-electron chi connectivity index (χ3n) is 17.5. The summed E-state index contributed by atoms with van der Waals surface area (Å²) in [5.41, 5.74) is 1.05. The first-order chi connectivity index (χ1) is 31.7. The van der Waals surface area contributed by atoms with E-state index in [2.05, 4.69) is 104 Å². The molecule has 8 aliphatic heterocycles. The number of aliphatic hydroxyl groups is 2. The van der Waals surface area contributed by atoms with Crippen LogP contribution in [-0.2, 0) is 51.5 Å². The second-order valence-electron chi connectivity index (χ2n) is 24.7. The van der Waals surface area contributed by atoms with E-state index in [1.54, 1.807) is 7.11 Å². The molecular formula is C52H89BrO13Si2. The van der Waals surface area contributed by atoms with E-state index >= 15 is 0 Å². The zero-order valence-corrected chi connectivity index (χ0v) is 47.2. The van der Waals surface area contributed by atoms with Crippen LogP contribution >= 0.6 is 15.9 Å². The van der Waals surface area contributed by atoms with Crippen molar-refractivity contribution in [3.05, 3.63) is 23.2 Å². The number of carbonyl (C=O) groups excluding carboxylic acids is 1. The lowest BCUT2D eigenvalue weighted by Crippen LogP contribution is -2.61. The molecule has 8 aliphatic rings. The van der Waals surface area contributed by atoms with Crippen LogP contribution in [0.3, 0.4) is 0 Å². The summed E-state index contributed by atoms with van der Waals surface area (Å²) in [4.78, 5) is 14.6. The van der Waals surface area contributed by atoms with Crippen LogP contribution in [0.2, 0.25) is 36.3 Å². The predicted octanol–water partition coefficient (Wildman–Crippen LogP) is 9.46. The van der Waals surface area contributed by atoms with Gasteiger partial charge in [0.1, 0.15) is 36.3 Å². The minimum atomic E-state index is -2.24. The lowest BCUT2D eigenvalue weighted by Gasteiger charge is -2.47. The van der Waals surface area contributed by atoms with Gasteiger partial charge in [0.15, 0.2) is 22.4 Å². The minimum absolute atomic E-state index is 0.0113. The van der Waals surface area contributed by atoms with Gasteiger partial charge >= 0.3 is 0 Å². The van der Waals surface area contributed by atoms with Crippen molar-refractivity contribution in [3.63, 3.8) is 0 Å². The Morgan fingerprint density at radius 2 is 1.56 bits per heavy atom. The van der Waals surface area contributed by atoms with Crippen molar-refractivity contribution in [2.75, 3.05) is 20.3 Å². The Hall–Kier alpha value is -0.416. The first-order valence-corrected chi connectivity index (χ1v) is 32.6. The van der Waals surface area contributed by atoms with Crippen LogP contribution in [0.25, 0.3) is 0 Å². The number of ether oxygens (including phenoxy) is 8. The molecule has 8 heterocycles. The van der Waals surface area contributed by atoms with E-state index in [0.717, 1.165) is 29.3 Å². The van der Waals surface area contributed by atoms with Crippen LogP contribution in [0.15, 0.2) is 23.2 Å². The summed E-state index contributed by atoms with van der Waals surface area (Å²) in [6.07, 6.45) is 3.03. The molecule has 0 aliphatic carbocycles. The number of hydrogen-bond donors (Lipinski definition) is 2. The van der Waals surface area contributed by atoms with Crippen LogP contribution < -0.4 is 0 Å². The van der Waals surface area contributed by atoms with Gasteiger partial charge < -0.3 is 57.0 Å². The first-order valence-electron chi connectivity index (χ1n) is 26.0. The largest absolute Gasteiger partial charge is 0.414 e. The van der Waals surface area contributed by atoms with Crippen molar-refractivity contribution in [2.45, 2.75) is 266 Å². The van der Waals surface area contributed by atoms with Crippen molar-refractivity contribution in [3.8, 4) is 0 Å². The molecule has 2 N–H and O–H groups in total. The number of fused-ring (bicyclic) bond motifs is 1. The van der Waals surface area contributed by atoms with Crippen molar-refractivity contribution in [1.29, 1.82) is 0 Å². The SMILES string of the molecule is C=C(Br)CC(O)CCC12CC3OC4C(O1)[C@H]1OC(CC(=O)CC5C(CC6OC(CCCO)CC(C)C6=C)OC(CC(CO[Si](C)(C)C(C)(C)C)O[Si](C)(C)C(C)(C)C)[C@@H]5OC)CCC1O[C@H]4C3O2. The molecule has 0 radical (unpaired) electrons. The van der Waals surface area contributed by atoms with Crippen molar-refractivity contribution >= 4 is 38.3 Å². The third kappa shape index (κ3) is 12.4. The lowest BCUT2D eigenvalue weighted by molar-refractivity contribution is -0.292. The molecule has 16 heteroatoms. The van der Waals surface area contributed by atoms with E-state index in [0.29, 0.717) is 58.0 Å². The van der Waals surface area contributed by atoms with E-state index in [1.807, 2.05) is 0 Å². The fraction of sp³-hybridized carbons (Fsp3) is 0.904. The Balaban J connectivity index is 1.08. The molecule has 18 atom stereocenters. The number of Topliss-reactive ketones (excluding diaryl/α,β-unsaturated/α-hetero) is 1. The highest BCUT2D eigenvalue weighted by atomic mass is 79.9. The molecule has 0 saturated carbocycles. The van der Waals surface area contributed by atoms with Crippen LogP contribution in [0.4, 0.5) is 0 Å². The molecular weight excluding hydrogens is 969 g/mol. The van der Waals surface area contributed by atoms with E-state index < -0.39 is 40.7 Å². The third-order valence-corrected chi connectivity index (χ3v) is 26.9. The number of hydrogen-bond acceptors (Lipinski definition) is 13. The number of halogens is 1. The lowest BCUT2D eigenvalue weighted by atomic mass is 9.81. The summed E-state index contributed by atoms with van der Waals surface area (Å²) >= 11 is 3.38. The van der Waals surface area contributed by atoms with Gasteiger partial charge in [-0.2, -0.15) is 0 Å². The highest BCUT2D eigenvalue weighted by Gasteiger charge is 2.68. The van der Waals surface area contributed by atoms with Gasteiger partial charge in [-0.25, -0.2) is 0 Å². The summed E-state index contributed by atoms with van der Waals surface area (Å²) in [7, 11) is -2.63. The molecule has 8 fully saturated rings. The maximum absolute atomic E-state index is 14.6. The minimum Gasteiger partial charge on any atom is -0.414 e. The Kier molecular flexibility index (Phi) is 17.8. The molecule has 390 valence electrons. The van der Waals surface area contributed by atoms with Gasteiger partial charge in [0.05, 0.1) is 67.6 Å². The molecule has 68 heavy (non-hydrogen) atoms. The maximum atomic E-state index is 14.6. The number of carbonyl (C=O) groups is 1. The quantitative estimate of drug-likeness (QED) is 0.0784. The molecule has 0 spiro atoms. The van der Waals surface area contributed by atoms with E-state index in [1.165, 1.54) is 0 Å². The van der Waals surface area contributed by atoms with Gasteiger partial charge in [-0.05, 0) is 90.8 Å². The van der Waals surface area contributed by atoms with Crippen LogP contribution in [0, 0.1) is 11.8 Å². The fourth-order valence-electron chi connectivity index (χ4n) is 11.5. The second-order valence-corrected chi connectivity index (χ2v) is 35.4. The van der Waals surface area contributed by atoms with Crippen molar-refractivity contribution in [1.82, 2.24) is 0 Å². The maximum Gasteiger partial charge on any atom is 0.192 e. The summed E-state index contributed by atoms with van der Waals surface area (Å²) < 4.78 is 69.0. The summed E-state index contributed by atoms with van der Waals surface area (Å²) in [5, 5.41) is 20.4. The summed E-state index contributed by atoms with van der Waals surface area (Å²) in [5.74, 6) is -0.797. The highest BCUT2D eigenvalue weighted by Crippen LogP contribution is 2.54. The number of rotatable bonds is 22. The van der Waals surface area contributed by atoms with E-state index in [9.17, 15) is 15.0 Å². The number of ketones is 1. The van der Waals surface area contributed by atoms with Gasteiger partial charge in [-0.3, -0.25) is 4.79 Å². The Morgan fingerprint density at radius 1 is 0.882 bits per heavy atom. The number of aliphatic hydroxyl groups excluding tert-OH is 2. The average Bonchev–Trinajstić information content (AvgIpc) is 3.80. The molecule has 8 saturated heterocycles. The molecule has 0 aromatic heterocycles. The van der Waals surface area contributed by atoms with Crippen molar-refractivity contribution in [2.24, 2.45) is 11.8 Å². The molecule has 0 aromatic carbocycles. The molecule has 0 amide bonds. The summed E-state index contributed by atoms with van der Waals surface area (Å²) in [6, 6.07) is 0. The predicted molar refractivity (Wildman–Crippen MR) is 270 cm³/mol. The molecule has 13 nitrogen and oxygen atoms in total. The Morgan fingerprint density at radius 3 is 2.22 bits per heavy atom. The first kappa shape index (κ1) is 55.3. The molecule has 15 unspecified atom stereocenters. The van der Waals surface area contributed by atoms with E-state index in [-0.39, 0.29) is 120 Å². The molecule has 8 rings (SSSR count). The standard InChI is InChI=1S/C52H89BrO13Si2/c1-30-22-35(16-15-21-54)59-40(32(30)3)27-41-38(44(57-10)42(61-41)26-37(66-68(13,14)51(7,8)9)29-58-67(11,12)50(4,5)6)25-34(56)24-36-17-18-39-45(60-36)49-48-47(62-39)46-43(63-48)28-52(64-46,65-49)20-19-33(55)23-31(2)53/h30,33,35-49,54-55H,2-3,15-29H2,1,4-14H3/t30?,33?,35?,36?,37?,38?,39?,40?,41?,42?,43?,44-,45+,46?,47+,48?,49?,52?/m1/s1. The van der Waals surface area contributed by atoms with Gasteiger partial charge in [0.25, 0.3) is 0 Å². The zero-order chi connectivity index (χ0) is 49.7. The van der Waals surface area contributed by atoms with Crippen LogP contribution in [-0.4, -0.2) is 150 Å². The molecule has 0 aromatic rings. The zero-order valence-electron chi connectivity index (χ0n) is 43.6. The monoisotopic (exact) mass is 1060 g/mol. The molecule has 6 bridgehead atoms. The topological polar surface area (TPSA) is 150 Å². The van der Waals surface area contributed by atoms with Crippen LogP contribution in [0.1, 0.15) is 132 Å². The van der Waals surface area contributed by atoms with Gasteiger partial charge in [-0.1, -0.05) is 77.6 Å². The Labute approximate surface area is 419 Å². The van der Waals surface area contributed by atoms with Crippen LogP contribution in [0.5, 0.6) is 0 Å². The van der Waals surface area contributed by atoms with E-state index in [4.69, 9.17) is 46.7 Å². The average molecular weight is 1060 g/mol. The van der Waals surface area contributed by atoms with Crippen molar-refractivity contribution < 1.29 is 61.8 Å². The van der Waals surface area contributed by atoms with Gasteiger partial charge in [-0.15, -0.1) is 0 Å². The normalized spacial score (nSPS) is 39.2.